The van der Waals surface area contributed by atoms with Crippen LogP contribution in [0, 0.1) is 17.8 Å². The van der Waals surface area contributed by atoms with Crippen molar-refractivity contribution in [3.05, 3.63) is 0 Å². The fraction of sp³-hybridized carbons (Fsp3) is 1.00. The molecule has 0 bridgehead atoms. The Kier molecular flexibility index (Phi) is 7.87. The molecule has 0 amide bonds. The van der Waals surface area contributed by atoms with Crippen LogP contribution in [0.5, 0.6) is 0 Å². The summed E-state index contributed by atoms with van der Waals surface area (Å²) in [6, 6.07) is 0. The van der Waals surface area contributed by atoms with Crippen molar-refractivity contribution in [3.8, 4) is 0 Å². The predicted molar refractivity (Wildman–Crippen MR) is 74.0 cm³/mol. The van der Waals surface area contributed by atoms with Crippen molar-refractivity contribution < 1.29 is 4.74 Å². The number of ether oxygens (including phenoxy) is 1. The molecule has 1 fully saturated rings. The second-order valence-electron chi connectivity index (χ2n) is 5.64. The molecule has 1 aliphatic carbocycles. The van der Waals surface area contributed by atoms with Crippen LogP contribution >= 0.6 is 0 Å². The Labute approximate surface area is 107 Å². The zero-order valence-electron chi connectivity index (χ0n) is 11.8. The standard InChI is InChI=1S/C15H31NO/c1-3-5-7-13(4-2)11-17-12-15-9-6-8-14(15)10-16/h13-15H,3-12,16H2,1-2H3. The summed E-state index contributed by atoms with van der Waals surface area (Å²) in [4.78, 5) is 0. The van der Waals surface area contributed by atoms with Gasteiger partial charge in [-0.15, -0.1) is 0 Å². The molecule has 1 aliphatic rings. The molecule has 0 aliphatic heterocycles. The lowest BCUT2D eigenvalue weighted by atomic mass is 9.97. The minimum Gasteiger partial charge on any atom is -0.381 e. The van der Waals surface area contributed by atoms with Gasteiger partial charge in [-0.2, -0.15) is 0 Å². The molecular weight excluding hydrogens is 210 g/mol. The average Bonchev–Trinajstić information content (AvgIpc) is 2.81. The van der Waals surface area contributed by atoms with E-state index in [1.165, 1.54) is 44.9 Å². The number of unbranched alkanes of at least 4 members (excludes halogenated alkanes) is 1. The van der Waals surface area contributed by atoms with Gasteiger partial charge in [0, 0.05) is 13.2 Å². The first kappa shape index (κ1) is 15.0. The third kappa shape index (κ3) is 5.39. The summed E-state index contributed by atoms with van der Waals surface area (Å²) >= 11 is 0. The van der Waals surface area contributed by atoms with Crippen molar-refractivity contribution >= 4 is 0 Å². The zero-order valence-corrected chi connectivity index (χ0v) is 11.8. The summed E-state index contributed by atoms with van der Waals surface area (Å²) in [6.45, 7) is 7.30. The minimum atomic E-state index is 0.728. The number of hydrogen-bond donors (Lipinski definition) is 1. The molecule has 0 spiro atoms. The quantitative estimate of drug-likeness (QED) is 0.669. The van der Waals surface area contributed by atoms with Gasteiger partial charge in [0.15, 0.2) is 0 Å². The normalized spacial score (nSPS) is 26.3. The molecule has 1 rings (SSSR count). The third-order valence-corrected chi connectivity index (χ3v) is 4.35. The van der Waals surface area contributed by atoms with Gasteiger partial charge in [0.2, 0.25) is 0 Å². The van der Waals surface area contributed by atoms with Gasteiger partial charge in [0.25, 0.3) is 0 Å². The Morgan fingerprint density at radius 3 is 2.65 bits per heavy atom. The highest BCUT2D eigenvalue weighted by molar-refractivity contribution is 4.77. The summed E-state index contributed by atoms with van der Waals surface area (Å²) in [7, 11) is 0. The lowest BCUT2D eigenvalue weighted by molar-refractivity contribution is 0.0577. The zero-order chi connectivity index (χ0) is 12.5. The third-order valence-electron chi connectivity index (χ3n) is 4.35. The van der Waals surface area contributed by atoms with Gasteiger partial charge in [0.05, 0.1) is 0 Å². The number of hydrogen-bond acceptors (Lipinski definition) is 2. The largest absolute Gasteiger partial charge is 0.381 e. The summed E-state index contributed by atoms with van der Waals surface area (Å²) in [5.41, 5.74) is 5.79. The van der Waals surface area contributed by atoms with Gasteiger partial charge >= 0.3 is 0 Å². The first-order chi connectivity index (χ1) is 8.31. The van der Waals surface area contributed by atoms with Crippen LogP contribution in [-0.2, 0) is 4.74 Å². The molecule has 1 saturated carbocycles. The molecule has 3 unspecified atom stereocenters. The molecule has 2 N–H and O–H groups in total. The van der Waals surface area contributed by atoms with Gasteiger partial charge in [-0.1, -0.05) is 39.5 Å². The van der Waals surface area contributed by atoms with Gasteiger partial charge in [-0.25, -0.2) is 0 Å². The molecule has 0 aromatic carbocycles. The van der Waals surface area contributed by atoms with Gasteiger partial charge < -0.3 is 10.5 Å². The van der Waals surface area contributed by atoms with Gasteiger partial charge in [-0.3, -0.25) is 0 Å². The molecule has 102 valence electrons. The molecule has 0 saturated heterocycles. The van der Waals surface area contributed by atoms with Crippen LogP contribution in [-0.4, -0.2) is 19.8 Å². The predicted octanol–water partition coefficient (Wildman–Crippen LogP) is 3.59. The van der Waals surface area contributed by atoms with Crippen molar-refractivity contribution in [1.82, 2.24) is 0 Å². The van der Waals surface area contributed by atoms with E-state index in [2.05, 4.69) is 13.8 Å². The van der Waals surface area contributed by atoms with Crippen LogP contribution in [0.2, 0.25) is 0 Å². The second-order valence-corrected chi connectivity index (χ2v) is 5.64. The molecule has 0 radical (unpaired) electrons. The number of rotatable bonds is 9. The highest BCUT2D eigenvalue weighted by Crippen LogP contribution is 2.31. The summed E-state index contributed by atoms with van der Waals surface area (Å²) in [6.07, 6.45) is 9.22. The number of nitrogens with two attached hydrogens (primary N) is 1. The summed E-state index contributed by atoms with van der Waals surface area (Å²) in [5, 5.41) is 0. The highest BCUT2D eigenvalue weighted by Gasteiger charge is 2.26. The Morgan fingerprint density at radius 2 is 2.00 bits per heavy atom. The second kappa shape index (κ2) is 8.93. The average molecular weight is 241 g/mol. The Bertz CT molecular complexity index is 184. The first-order valence-electron chi connectivity index (χ1n) is 7.59. The molecule has 2 nitrogen and oxygen atoms in total. The lowest BCUT2D eigenvalue weighted by Gasteiger charge is -2.20. The van der Waals surface area contributed by atoms with E-state index in [0.29, 0.717) is 0 Å². The summed E-state index contributed by atoms with van der Waals surface area (Å²) < 4.78 is 5.94. The fourth-order valence-corrected chi connectivity index (χ4v) is 2.93. The highest BCUT2D eigenvalue weighted by atomic mass is 16.5. The van der Waals surface area contributed by atoms with Crippen LogP contribution in [0.1, 0.15) is 58.8 Å². The smallest absolute Gasteiger partial charge is 0.0497 e. The van der Waals surface area contributed by atoms with Crippen LogP contribution < -0.4 is 5.73 Å². The Balaban J connectivity index is 2.12. The SMILES string of the molecule is CCCCC(CC)COCC1CCCC1CN. The van der Waals surface area contributed by atoms with E-state index >= 15 is 0 Å². The molecule has 3 atom stereocenters. The fourth-order valence-electron chi connectivity index (χ4n) is 2.93. The van der Waals surface area contributed by atoms with Crippen LogP contribution in [0.15, 0.2) is 0 Å². The van der Waals surface area contributed by atoms with Crippen molar-refractivity contribution in [1.29, 1.82) is 0 Å². The monoisotopic (exact) mass is 241 g/mol. The lowest BCUT2D eigenvalue weighted by Crippen LogP contribution is -2.23. The minimum absolute atomic E-state index is 0.728. The molecule has 0 aromatic heterocycles. The van der Waals surface area contributed by atoms with Gasteiger partial charge in [-0.05, 0) is 43.6 Å². The molecule has 2 heteroatoms. The van der Waals surface area contributed by atoms with Crippen molar-refractivity contribution in [2.75, 3.05) is 19.8 Å². The topological polar surface area (TPSA) is 35.2 Å². The van der Waals surface area contributed by atoms with E-state index in [9.17, 15) is 0 Å². The van der Waals surface area contributed by atoms with Crippen molar-refractivity contribution in [3.63, 3.8) is 0 Å². The maximum Gasteiger partial charge on any atom is 0.0497 e. The molecule has 0 aromatic rings. The van der Waals surface area contributed by atoms with Crippen LogP contribution in [0.25, 0.3) is 0 Å². The molecule has 0 heterocycles. The van der Waals surface area contributed by atoms with Crippen LogP contribution in [0.4, 0.5) is 0 Å². The summed E-state index contributed by atoms with van der Waals surface area (Å²) in [5.74, 6) is 2.24. The maximum absolute atomic E-state index is 5.94. The van der Waals surface area contributed by atoms with E-state index in [1.54, 1.807) is 0 Å². The van der Waals surface area contributed by atoms with E-state index in [0.717, 1.165) is 37.5 Å². The van der Waals surface area contributed by atoms with Crippen LogP contribution in [0.3, 0.4) is 0 Å². The molecule has 17 heavy (non-hydrogen) atoms. The first-order valence-corrected chi connectivity index (χ1v) is 7.59. The van der Waals surface area contributed by atoms with E-state index in [-0.39, 0.29) is 0 Å². The van der Waals surface area contributed by atoms with E-state index in [4.69, 9.17) is 10.5 Å². The molecular formula is C15H31NO. The Morgan fingerprint density at radius 1 is 1.24 bits per heavy atom. The van der Waals surface area contributed by atoms with Crippen molar-refractivity contribution in [2.24, 2.45) is 23.5 Å². The maximum atomic E-state index is 5.94. The van der Waals surface area contributed by atoms with Crippen molar-refractivity contribution in [2.45, 2.75) is 58.8 Å². The van der Waals surface area contributed by atoms with Gasteiger partial charge in [0.1, 0.15) is 0 Å². The Hall–Kier alpha value is -0.0800. The van der Waals surface area contributed by atoms with E-state index in [1.807, 2.05) is 0 Å². The van der Waals surface area contributed by atoms with E-state index < -0.39 is 0 Å².